The summed E-state index contributed by atoms with van der Waals surface area (Å²) in [5.74, 6) is 0.204. The summed E-state index contributed by atoms with van der Waals surface area (Å²) < 4.78 is 11.5. The molecule has 0 fully saturated rings. The summed E-state index contributed by atoms with van der Waals surface area (Å²) in [6, 6.07) is 18.0. The Labute approximate surface area is 208 Å². The van der Waals surface area contributed by atoms with Crippen molar-refractivity contribution in [1.82, 2.24) is 4.98 Å². The first kappa shape index (κ1) is 22.6. The fourth-order valence-electron chi connectivity index (χ4n) is 3.63. The minimum atomic E-state index is -0.561. The lowest BCUT2D eigenvalue weighted by Crippen LogP contribution is -2.11. The van der Waals surface area contributed by atoms with E-state index >= 15 is 0 Å². The fourth-order valence-corrected chi connectivity index (χ4v) is 4.21. The van der Waals surface area contributed by atoms with Gasteiger partial charge >= 0.3 is 0 Å². The zero-order valence-corrected chi connectivity index (χ0v) is 19.6. The normalized spacial score (nSPS) is 11.1. The van der Waals surface area contributed by atoms with Crippen LogP contribution in [0.2, 0.25) is 10.0 Å². The number of oxazole rings is 1. The molecule has 0 aliphatic rings. The monoisotopic (exact) mass is 507 g/mol. The maximum absolute atomic E-state index is 12.8. The van der Waals surface area contributed by atoms with E-state index in [4.69, 9.17) is 32.0 Å². The number of para-hydroxylation sites is 2. The first-order chi connectivity index (χ1) is 16.8. The number of halogens is 2. The quantitative estimate of drug-likeness (QED) is 0.194. The van der Waals surface area contributed by atoms with Gasteiger partial charge in [-0.25, -0.2) is 4.98 Å². The number of nitrogens with one attached hydrogen (secondary N) is 1. The fraction of sp³-hybridized carbons (Fsp3) is 0.0400. The van der Waals surface area contributed by atoms with Crippen molar-refractivity contribution in [3.8, 4) is 22.8 Å². The van der Waals surface area contributed by atoms with Gasteiger partial charge in [0, 0.05) is 23.3 Å². The van der Waals surface area contributed by atoms with Gasteiger partial charge in [-0.2, -0.15) is 0 Å². The van der Waals surface area contributed by atoms with Crippen molar-refractivity contribution < 1.29 is 18.6 Å². The van der Waals surface area contributed by atoms with Crippen molar-refractivity contribution in [2.75, 3.05) is 5.32 Å². The molecule has 174 valence electrons. The molecule has 0 aliphatic heterocycles. The Bertz CT molecular complexity index is 1570. The Kier molecular flexibility index (Phi) is 5.76. The molecule has 3 aromatic carbocycles. The molecule has 0 unspecified atom stereocenters. The number of nitrogens with zero attached hydrogens (tertiary/aromatic N) is 2. The van der Waals surface area contributed by atoms with Gasteiger partial charge in [-0.15, -0.1) is 0 Å². The molecule has 10 heteroatoms. The molecular weight excluding hydrogens is 493 g/mol. The van der Waals surface area contributed by atoms with Crippen LogP contribution in [0.4, 0.5) is 11.4 Å². The number of furan rings is 1. The van der Waals surface area contributed by atoms with Gasteiger partial charge in [-0.1, -0.05) is 35.3 Å². The molecule has 0 radical (unpaired) electrons. The lowest BCUT2D eigenvalue weighted by Gasteiger charge is -2.09. The number of benzene rings is 3. The third-order valence-corrected chi connectivity index (χ3v) is 5.93. The van der Waals surface area contributed by atoms with Crippen LogP contribution in [-0.4, -0.2) is 15.8 Å². The first-order valence-corrected chi connectivity index (χ1v) is 11.1. The van der Waals surface area contributed by atoms with E-state index in [0.717, 1.165) is 0 Å². The van der Waals surface area contributed by atoms with E-state index in [9.17, 15) is 14.9 Å². The molecule has 35 heavy (non-hydrogen) atoms. The number of rotatable bonds is 5. The van der Waals surface area contributed by atoms with Crippen LogP contribution in [0.25, 0.3) is 33.9 Å². The van der Waals surface area contributed by atoms with Crippen LogP contribution in [0.3, 0.4) is 0 Å². The van der Waals surface area contributed by atoms with Crippen LogP contribution >= 0.6 is 23.2 Å². The number of nitro benzene ring substituents is 1. The van der Waals surface area contributed by atoms with Gasteiger partial charge in [0.1, 0.15) is 11.3 Å². The van der Waals surface area contributed by atoms with Crippen LogP contribution < -0.4 is 5.32 Å². The lowest BCUT2D eigenvalue weighted by molar-refractivity contribution is -0.384. The summed E-state index contributed by atoms with van der Waals surface area (Å²) in [7, 11) is 0. The molecule has 0 atom stereocenters. The Hall–Kier alpha value is -4.14. The average Bonchev–Trinajstić information content (AvgIpc) is 3.48. The number of hydrogen-bond donors (Lipinski definition) is 1. The number of amides is 1. The zero-order valence-electron chi connectivity index (χ0n) is 18.0. The van der Waals surface area contributed by atoms with Crippen LogP contribution in [0.5, 0.6) is 0 Å². The van der Waals surface area contributed by atoms with Gasteiger partial charge < -0.3 is 14.2 Å². The minimum Gasteiger partial charge on any atom is -0.451 e. The predicted octanol–water partition coefficient (Wildman–Crippen LogP) is 7.53. The highest BCUT2D eigenvalue weighted by Crippen LogP contribution is 2.37. The number of hydrogen-bond acceptors (Lipinski definition) is 6. The second-order valence-corrected chi connectivity index (χ2v) is 8.49. The second kappa shape index (κ2) is 8.90. The Balaban J connectivity index is 1.38. The van der Waals surface area contributed by atoms with E-state index in [1.807, 2.05) is 18.2 Å². The van der Waals surface area contributed by atoms with Crippen LogP contribution in [0.1, 0.15) is 16.1 Å². The van der Waals surface area contributed by atoms with Gasteiger partial charge in [0.25, 0.3) is 11.6 Å². The second-order valence-electron chi connectivity index (χ2n) is 7.68. The molecule has 0 spiro atoms. The maximum atomic E-state index is 12.8. The summed E-state index contributed by atoms with van der Waals surface area (Å²) in [4.78, 5) is 27.7. The van der Waals surface area contributed by atoms with E-state index in [0.29, 0.717) is 39.4 Å². The Morgan fingerprint density at radius 2 is 1.74 bits per heavy atom. The molecule has 5 rings (SSSR count). The van der Waals surface area contributed by atoms with Crippen molar-refractivity contribution in [2.45, 2.75) is 6.92 Å². The van der Waals surface area contributed by atoms with Crippen molar-refractivity contribution >= 4 is 51.6 Å². The summed E-state index contributed by atoms with van der Waals surface area (Å²) >= 11 is 12.8. The highest BCUT2D eigenvalue weighted by atomic mass is 35.5. The number of fused-ring (bicyclic) bond motifs is 1. The number of aromatic nitrogens is 1. The molecule has 2 aromatic heterocycles. The lowest BCUT2D eigenvalue weighted by atomic mass is 10.1. The van der Waals surface area contributed by atoms with Gasteiger partial charge in [0.2, 0.25) is 5.89 Å². The third-order valence-electron chi connectivity index (χ3n) is 5.34. The van der Waals surface area contributed by atoms with Crippen LogP contribution in [0, 0.1) is 17.0 Å². The molecule has 0 saturated heterocycles. The maximum Gasteiger partial charge on any atom is 0.291 e. The van der Waals surface area contributed by atoms with E-state index in [1.165, 1.54) is 18.2 Å². The molecular formula is C25H15Cl2N3O5. The number of carbonyl (C=O) groups is 1. The number of aryl methyl sites for hydroxylation is 1. The SMILES string of the molecule is Cc1cc([N+](=O)[O-])ccc1-c1ccc(C(=O)Nc2c(Cl)cc(-c3nc4ccccc4o3)cc2Cl)o1. The molecule has 1 N–H and O–H groups in total. The average molecular weight is 508 g/mol. The summed E-state index contributed by atoms with van der Waals surface area (Å²) in [5.41, 5.74) is 3.34. The number of non-ortho nitro benzene ring substituents is 1. The molecule has 1 amide bonds. The number of anilines is 1. The predicted molar refractivity (Wildman–Crippen MR) is 133 cm³/mol. The van der Waals surface area contributed by atoms with Gasteiger partial charge in [-0.3, -0.25) is 14.9 Å². The molecule has 8 nitrogen and oxygen atoms in total. The standard InChI is InChI=1S/C25H15Cl2N3O5/c1-13-10-15(30(32)33)6-7-16(13)20-8-9-22(34-20)24(31)29-23-17(26)11-14(12-18(23)27)25-28-19-4-2-3-5-21(19)35-25/h2-12H,1H3,(H,29,31). The molecule has 0 bridgehead atoms. The molecule has 0 saturated carbocycles. The van der Waals surface area contributed by atoms with Crippen molar-refractivity contribution in [2.24, 2.45) is 0 Å². The topological polar surface area (TPSA) is 111 Å². The smallest absolute Gasteiger partial charge is 0.291 e. The van der Waals surface area contributed by atoms with E-state index in [-0.39, 0.29) is 27.2 Å². The van der Waals surface area contributed by atoms with E-state index in [2.05, 4.69) is 10.3 Å². The van der Waals surface area contributed by atoms with Crippen molar-refractivity contribution in [3.05, 3.63) is 98.2 Å². The molecule has 5 aromatic rings. The zero-order chi connectivity index (χ0) is 24.7. The Morgan fingerprint density at radius 1 is 1.00 bits per heavy atom. The number of nitro groups is 1. The van der Waals surface area contributed by atoms with Gasteiger partial charge in [0.05, 0.1) is 20.7 Å². The van der Waals surface area contributed by atoms with Crippen molar-refractivity contribution in [1.29, 1.82) is 0 Å². The van der Waals surface area contributed by atoms with E-state index in [1.54, 1.807) is 37.3 Å². The van der Waals surface area contributed by atoms with Gasteiger partial charge in [0.15, 0.2) is 11.3 Å². The van der Waals surface area contributed by atoms with E-state index < -0.39 is 10.8 Å². The van der Waals surface area contributed by atoms with Crippen LogP contribution in [-0.2, 0) is 0 Å². The summed E-state index contributed by atoms with van der Waals surface area (Å²) in [6.45, 7) is 1.72. The number of carbonyl (C=O) groups excluding carboxylic acids is 1. The summed E-state index contributed by atoms with van der Waals surface area (Å²) in [5, 5.41) is 14.0. The Morgan fingerprint density at radius 3 is 2.43 bits per heavy atom. The highest BCUT2D eigenvalue weighted by molar-refractivity contribution is 6.40. The van der Waals surface area contributed by atoms with Crippen LogP contribution in [0.15, 0.2) is 75.6 Å². The minimum absolute atomic E-state index is 0.0212. The highest BCUT2D eigenvalue weighted by Gasteiger charge is 2.19. The first-order valence-electron chi connectivity index (χ1n) is 10.3. The third kappa shape index (κ3) is 4.37. The molecule has 2 heterocycles. The largest absolute Gasteiger partial charge is 0.451 e. The molecule has 0 aliphatic carbocycles. The summed E-state index contributed by atoms with van der Waals surface area (Å²) in [6.07, 6.45) is 0. The van der Waals surface area contributed by atoms with Gasteiger partial charge in [-0.05, 0) is 55.0 Å². The van der Waals surface area contributed by atoms with Crippen molar-refractivity contribution in [3.63, 3.8) is 0 Å².